The predicted molar refractivity (Wildman–Crippen MR) is 20.0 cm³/mol. The smallest absolute Gasteiger partial charge is 0.543 e. The van der Waals surface area contributed by atoms with Gasteiger partial charge in [-0.25, -0.2) is 0 Å². The summed E-state index contributed by atoms with van der Waals surface area (Å²) in [5.74, 6) is -8.74. The van der Waals surface area contributed by atoms with E-state index in [-0.39, 0.29) is 29.9 Å². The van der Waals surface area contributed by atoms with Crippen LogP contribution in [0.2, 0.25) is 0 Å². The molecule has 0 bridgehead atoms. The largest absolute Gasteiger partial charge is 4.00 e. The van der Waals surface area contributed by atoms with E-state index in [1.54, 1.807) is 0 Å². The minimum absolute atomic E-state index is 0. The summed E-state index contributed by atoms with van der Waals surface area (Å²) in [6.45, 7) is 0. The summed E-state index contributed by atoms with van der Waals surface area (Å²) in [6, 6.07) is 0. The zero-order chi connectivity index (χ0) is 10.3. The summed E-state index contributed by atoms with van der Waals surface area (Å²) in [4.78, 5) is 35.7. The summed E-state index contributed by atoms with van der Waals surface area (Å²) < 4.78 is 0. The van der Waals surface area contributed by atoms with Crippen LogP contribution in [0.4, 0.5) is 0 Å². The maximum Gasteiger partial charge on any atom is 4.00 e. The van der Waals surface area contributed by atoms with Crippen LogP contribution in [0, 0.1) is 29.9 Å². The fourth-order valence-corrected chi connectivity index (χ4v) is 0. The minimum Gasteiger partial charge on any atom is -0.543 e. The molecule has 0 aromatic carbocycles. The first-order chi connectivity index (χ1) is 5.29. The van der Waals surface area contributed by atoms with Crippen LogP contribution >= 0.6 is 0 Å². The van der Waals surface area contributed by atoms with Crippen molar-refractivity contribution in [3.05, 3.63) is 0 Å². The van der Waals surface area contributed by atoms with Crippen LogP contribution in [-0.4, -0.2) is 23.9 Å². The molecule has 0 fully saturated rings. The normalized spacial score (nSPS) is 6.77. The summed E-state index contributed by atoms with van der Waals surface area (Å²) in [7, 11) is 0. The molecular formula is C4NpO8. The molecule has 0 unspecified atom stereocenters. The van der Waals surface area contributed by atoms with Crippen LogP contribution in [0.1, 0.15) is 0 Å². The Morgan fingerprint density at radius 3 is 0.615 bits per heavy atom. The average molecular weight is 413 g/mol. The second-order valence-corrected chi connectivity index (χ2v) is 1.15. The van der Waals surface area contributed by atoms with Crippen molar-refractivity contribution in [3.63, 3.8) is 0 Å². The summed E-state index contributed by atoms with van der Waals surface area (Å²) in [5.41, 5.74) is 0. The summed E-state index contributed by atoms with van der Waals surface area (Å²) in [6.07, 6.45) is 0. The second kappa shape index (κ2) is 8.98. The Balaban J connectivity index is -0.000000143. The Morgan fingerprint density at radius 1 is 0.538 bits per heavy atom. The quantitative estimate of drug-likeness (QED) is 0.354. The number of carboxylic acids is 4. The molecule has 0 N–H and O–H groups in total. The van der Waals surface area contributed by atoms with Crippen molar-refractivity contribution in [2.75, 3.05) is 0 Å². The molecule has 0 aromatic heterocycles. The molecule has 0 aromatic rings. The molecule has 1 radical (unpaired) electrons. The number of carboxylic acid groups (broad SMARTS) is 4. The van der Waals surface area contributed by atoms with Crippen molar-refractivity contribution in [2.45, 2.75) is 0 Å². The second-order valence-electron chi connectivity index (χ2n) is 1.15. The van der Waals surface area contributed by atoms with Crippen LogP contribution in [0.25, 0.3) is 0 Å². The third-order valence-electron chi connectivity index (χ3n) is 0.333. The minimum atomic E-state index is -2.19. The molecule has 9 heteroatoms. The van der Waals surface area contributed by atoms with Gasteiger partial charge in [-0.3, -0.25) is 0 Å². The topological polar surface area (TPSA) is 161 Å². The molecule has 0 aliphatic rings. The van der Waals surface area contributed by atoms with Gasteiger partial charge in [0.1, 0.15) is 0 Å². The molecule has 0 saturated heterocycles. The SMILES string of the molecule is O=C([O-])C(=O)[O-].O=C([O-])C(=O)[O-].[Np+4]. The van der Waals surface area contributed by atoms with Gasteiger partial charge in [0.25, 0.3) is 0 Å². The molecule has 8 nitrogen and oxygen atoms in total. The van der Waals surface area contributed by atoms with Gasteiger partial charge in [-0.05, 0) is 0 Å². The number of aliphatic carboxylic acids is 4. The van der Waals surface area contributed by atoms with Crippen molar-refractivity contribution >= 4 is 23.9 Å². The van der Waals surface area contributed by atoms with E-state index >= 15 is 0 Å². The molecule has 13 heavy (non-hydrogen) atoms. The van der Waals surface area contributed by atoms with Gasteiger partial charge in [-0.2, -0.15) is 0 Å². The summed E-state index contributed by atoms with van der Waals surface area (Å²) >= 11 is 0. The maximum absolute atomic E-state index is 8.93. The number of hydrogen-bond donors (Lipinski definition) is 0. The number of carbonyl (C=O) groups is 4. The molecule has 0 aliphatic carbocycles. The van der Waals surface area contributed by atoms with Crippen molar-refractivity contribution in [1.82, 2.24) is 0 Å². The van der Waals surface area contributed by atoms with E-state index in [1.807, 2.05) is 0 Å². The summed E-state index contributed by atoms with van der Waals surface area (Å²) in [5, 5.41) is 35.7. The van der Waals surface area contributed by atoms with Gasteiger partial charge in [0, 0.05) is 0 Å². The number of rotatable bonds is 0. The van der Waals surface area contributed by atoms with Gasteiger partial charge in [-0.1, -0.05) is 0 Å². The molecule has 69 valence electrons. The third-order valence-corrected chi connectivity index (χ3v) is 0.333. The van der Waals surface area contributed by atoms with E-state index in [0.717, 1.165) is 0 Å². The predicted octanol–water partition coefficient (Wildman–Crippen LogP) is -7.03. The van der Waals surface area contributed by atoms with Crippen LogP contribution in [0.3, 0.4) is 0 Å². The molecule has 0 rings (SSSR count). The van der Waals surface area contributed by atoms with Gasteiger partial charge in [-0.15, -0.1) is 0 Å². The number of carbonyl (C=O) groups excluding carboxylic acids is 4. The van der Waals surface area contributed by atoms with E-state index in [0.29, 0.717) is 0 Å². The first-order valence-corrected chi connectivity index (χ1v) is 2.13. The Labute approximate surface area is 93.4 Å². The molecule has 0 heterocycles. The standard InChI is InChI=1S/2C2H2O4.Np/c2*3-1(4)2(5)6;/h2*(H,3,4)(H,5,6);/q;;+4/p-4. The Kier molecular flexibility index (Phi) is 12.3. The van der Waals surface area contributed by atoms with E-state index in [4.69, 9.17) is 39.6 Å². The van der Waals surface area contributed by atoms with Gasteiger partial charge in [0.05, 0.1) is 23.9 Å². The van der Waals surface area contributed by atoms with Crippen LogP contribution in [-0.2, 0) is 19.2 Å². The molecule has 0 saturated carbocycles. The van der Waals surface area contributed by atoms with Crippen molar-refractivity contribution < 1.29 is 69.5 Å². The molecule has 0 spiro atoms. The molecule has 0 atom stereocenters. The Morgan fingerprint density at radius 2 is 0.615 bits per heavy atom. The fourth-order valence-electron chi connectivity index (χ4n) is 0. The number of hydrogen-bond acceptors (Lipinski definition) is 8. The van der Waals surface area contributed by atoms with Crippen molar-refractivity contribution in [3.8, 4) is 0 Å². The monoisotopic (exact) mass is 412 g/mol. The zero-order valence-electron chi connectivity index (χ0n) is 5.71. The van der Waals surface area contributed by atoms with Gasteiger partial charge in [0.15, 0.2) is 0 Å². The van der Waals surface area contributed by atoms with E-state index in [2.05, 4.69) is 0 Å². The van der Waals surface area contributed by atoms with E-state index in [9.17, 15) is 0 Å². The van der Waals surface area contributed by atoms with Gasteiger partial charge >= 0.3 is 29.9 Å². The first kappa shape index (κ1) is 17.8. The van der Waals surface area contributed by atoms with Crippen LogP contribution < -0.4 is 20.4 Å². The third kappa shape index (κ3) is 18.1. The van der Waals surface area contributed by atoms with Crippen LogP contribution in [0.15, 0.2) is 0 Å². The van der Waals surface area contributed by atoms with Gasteiger partial charge in [0.2, 0.25) is 0 Å². The van der Waals surface area contributed by atoms with Crippen molar-refractivity contribution in [2.24, 2.45) is 0 Å². The molecule has 0 aliphatic heterocycles. The zero-order valence-corrected chi connectivity index (χ0v) is 9.44. The molecular weight excluding hydrogens is 413 g/mol. The first-order valence-electron chi connectivity index (χ1n) is 2.13. The molecule has 0 amide bonds. The van der Waals surface area contributed by atoms with E-state index in [1.165, 1.54) is 0 Å². The average Bonchev–Trinajstić information content (AvgIpc) is 1.88. The van der Waals surface area contributed by atoms with E-state index < -0.39 is 23.9 Å². The van der Waals surface area contributed by atoms with Crippen molar-refractivity contribution in [1.29, 1.82) is 0 Å². The Hall–Kier alpha value is -1.11. The fraction of sp³-hybridized carbons (Fsp3) is 0. The maximum atomic E-state index is 8.93. The Bertz CT molecular complexity index is 172. The van der Waals surface area contributed by atoms with Gasteiger partial charge < -0.3 is 39.6 Å². The van der Waals surface area contributed by atoms with Crippen LogP contribution in [0.5, 0.6) is 0 Å².